The van der Waals surface area contributed by atoms with E-state index in [0.29, 0.717) is 29.4 Å². The molecule has 6 heteroatoms. The van der Waals surface area contributed by atoms with Gasteiger partial charge in [-0.25, -0.2) is 8.42 Å². The fourth-order valence-corrected chi connectivity index (χ4v) is 4.50. The van der Waals surface area contributed by atoms with E-state index in [9.17, 15) is 8.42 Å². The summed E-state index contributed by atoms with van der Waals surface area (Å²) < 4.78 is 27.1. The van der Waals surface area contributed by atoms with E-state index < -0.39 is 10.0 Å². The number of nitrogens with zero attached hydrogens (tertiary/aromatic N) is 2. The molecule has 1 fully saturated rings. The number of sulfonamides is 1. The van der Waals surface area contributed by atoms with Crippen LogP contribution >= 0.6 is 0 Å². The summed E-state index contributed by atoms with van der Waals surface area (Å²) in [5.74, 6) is 0. The highest BCUT2D eigenvalue weighted by Gasteiger charge is 2.33. The number of hydrogen-bond donors (Lipinski definition) is 1. The van der Waals surface area contributed by atoms with Crippen LogP contribution in [0.4, 0.5) is 0 Å². The molecular formula is C13H23N3O2S. The number of aryl methyl sites for hydroxylation is 2. The average molecular weight is 285 g/mol. The van der Waals surface area contributed by atoms with E-state index in [1.807, 2.05) is 0 Å². The maximum Gasteiger partial charge on any atom is 0.246 e. The predicted octanol–water partition coefficient (Wildman–Crippen LogP) is 2.23. The average Bonchev–Trinajstić information content (AvgIpc) is 2.52. The van der Waals surface area contributed by atoms with Gasteiger partial charge in [-0.15, -0.1) is 0 Å². The van der Waals surface area contributed by atoms with Crippen molar-refractivity contribution in [1.29, 1.82) is 0 Å². The summed E-state index contributed by atoms with van der Waals surface area (Å²) in [5.41, 5.74) is 1.41. The van der Waals surface area contributed by atoms with Crippen molar-refractivity contribution < 1.29 is 8.42 Å². The second kappa shape index (κ2) is 4.90. The monoisotopic (exact) mass is 285 g/mol. The first-order chi connectivity index (χ1) is 8.74. The molecule has 0 radical (unpaired) electrons. The molecule has 1 saturated heterocycles. The van der Waals surface area contributed by atoms with Crippen LogP contribution in [0.3, 0.4) is 0 Å². The Labute approximate surface area is 115 Å². The van der Waals surface area contributed by atoms with Crippen molar-refractivity contribution in [3.8, 4) is 0 Å². The molecule has 19 heavy (non-hydrogen) atoms. The number of rotatable bonds is 2. The molecule has 0 bridgehead atoms. The first-order valence-corrected chi connectivity index (χ1v) is 8.20. The van der Waals surface area contributed by atoms with E-state index in [1.54, 1.807) is 18.2 Å². The van der Waals surface area contributed by atoms with Gasteiger partial charge in [0.1, 0.15) is 4.90 Å². The van der Waals surface area contributed by atoms with Crippen molar-refractivity contribution in [1.82, 2.24) is 14.5 Å². The lowest BCUT2D eigenvalue weighted by atomic mass is 9.85. The van der Waals surface area contributed by atoms with Crippen molar-refractivity contribution in [2.24, 2.45) is 5.41 Å². The van der Waals surface area contributed by atoms with E-state index in [-0.39, 0.29) is 5.41 Å². The summed E-state index contributed by atoms with van der Waals surface area (Å²) in [6.45, 7) is 9.11. The third-order valence-corrected chi connectivity index (χ3v) is 6.12. The largest absolute Gasteiger partial charge is 0.281 e. The Morgan fingerprint density at radius 1 is 1.21 bits per heavy atom. The molecular weight excluding hydrogens is 262 g/mol. The first kappa shape index (κ1) is 14.5. The summed E-state index contributed by atoms with van der Waals surface area (Å²) in [6.07, 6.45) is 2.90. The van der Waals surface area contributed by atoms with Crippen LogP contribution < -0.4 is 0 Å². The van der Waals surface area contributed by atoms with E-state index in [1.165, 1.54) is 0 Å². The molecule has 0 aromatic carbocycles. The molecule has 0 aliphatic carbocycles. The van der Waals surface area contributed by atoms with Gasteiger partial charge in [-0.3, -0.25) is 5.10 Å². The molecule has 0 unspecified atom stereocenters. The minimum atomic E-state index is -3.41. The smallest absolute Gasteiger partial charge is 0.246 e. The third-order valence-electron chi connectivity index (χ3n) is 3.96. The maximum atomic E-state index is 12.7. The molecule has 1 aromatic heterocycles. The molecule has 1 N–H and O–H groups in total. The van der Waals surface area contributed by atoms with Crippen LogP contribution in [-0.4, -0.2) is 36.0 Å². The fraction of sp³-hybridized carbons (Fsp3) is 0.769. The van der Waals surface area contributed by atoms with Crippen molar-refractivity contribution in [3.05, 3.63) is 11.4 Å². The summed E-state index contributed by atoms with van der Waals surface area (Å²) in [7, 11) is -3.41. The van der Waals surface area contributed by atoms with Crippen LogP contribution in [-0.2, 0) is 10.0 Å². The summed E-state index contributed by atoms with van der Waals surface area (Å²) in [4.78, 5) is 0.354. The van der Waals surface area contributed by atoms with Gasteiger partial charge >= 0.3 is 0 Å². The van der Waals surface area contributed by atoms with Gasteiger partial charge in [0.05, 0.1) is 11.4 Å². The number of nitrogens with one attached hydrogen (secondary N) is 1. The SMILES string of the molecule is Cc1n[nH]c(C)c1S(=O)(=O)N1CCCC(C)(C)CC1. The number of aromatic nitrogens is 2. The van der Waals surface area contributed by atoms with Crippen molar-refractivity contribution in [3.63, 3.8) is 0 Å². The minimum absolute atomic E-state index is 0.227. The Balaban J connectivity index is 2.31. The highest BCUT2D eigenvalue weighted by molar-refractivity contribution is 7.89. The van der Waals surface area contributed by atoms with E-state index in [4.69, 9.17) is 0 Å². The van der Waals surface area contributed by atoms with Gasteiger partial charge in [0.2, 0.25) is 10.0 Å². The van der Waals surface area contributed by atoms with Crippen LogP contribution in [0.15, 0.2) is 4.90 Å². The molecule has 2 rings (SSSR count). The van der Waals surface area contributed by atoms with Gasteiger partial charge in [0, 0.05) is 13.1 Å². The lowest BCUT2D eigenvalue weighted by molar-refractivity contribution is 0.314. The molecule has 0 atom stereocenters. The van der Waals surface area contributed by atoms with Gasteiger partial charge in [-0.2, -0.15) is 9.40 Å². The maximum absolute atomic E-state index is 12.7. The quantitative estimate of drug-likeness (QED) is 0.906. The molecule has 0 spiro atoms. The highest BCUT2D eigenvalue weighted by Crippen LogP contribution is 2.32. The van der Waals surface area contributed by atoms with Gasteiger partial charge in [0.25, 0.3) is 0 Å². The van der Waals surface area contributed by atoms with Crippen molar-refractivity contribution in [2.75, 3.05) is 13.1 Å². The number of hydrogen-bond acceptors (Lipinski definition) is 3. The second-order valence-corrected chi connectivity index (χ2v) is 8.06. The van der Waals surface area contributed by atoms with Crippen LogP contribution in [0.1, 0.15) is 44.5 Å². The third kappa shape index (κ3) is 2.84. The second-order valence-electron chi connectivity index (χ2n) is 6.18. The molecule has 5 nitrogen and oxygen atoms in total. The van der Waals surface area contributed by atoms with Gasteiger partial charge in [-0.1, -0.05) is 13.8 Å². The van der Waals surface area contributed by atoms with Crippen LogP contribution in [0.5, 0.6) is 0 Å². The first-order valence-electron chi connectivity index (χ1n) is 6.76. The van der Waals surface area contributed by atoms with E-state index in [2.05, 4.69) is 24.0 Å². The normalized spacial score (nSPS) is 21.3. The predicted molar refractivity (Wildman–Crippen MR) is 74.5 cm³/mol. The Kier molecular flexibility index (Phi) is 3.75. The Hall–Kier alpha value is -0.880. The van der Waals surface area contributed by atoms with Gasteiger partial charge in [0.15, 0.2) is 0 Å². The molecule has 1 aliphatic heterocycles. The summed E-state index contributed by atoms with van der Waals surface area (Å²) >= 11 is 0. The fourth-order valence-electron chi connectivity index (χ4n) is 2.69. The summed E-state index contributed by atoms with van der Waals surface area (Å²) in [5, 5.41) is 6.76. The minimum Gasteiger partial charge on any atom is -0.281 e. The Morgan fingerprint density at radius 3 is 2.47 bits per heavy atom. The zero-order valence-corrected chi connectivity index (χ0v) is 13.0. The van der Waals surface area contributed by atoms with Gasteiger partial charge in [-0.05, 0) is 38.5 Å². The van der Waals surface area contributed by atoms with Gasteiger partial charge < -0.3 is 0 Å². The molecule has 1 aliphatic rings. The highest BCUT2D eigenvalue weighted by atomic mass is 32.2. The molecule has 0 amide bonds. The van der Waals surface area contributed by atoms with E-state index in [0.717, 1.165) is 19.3 Å². The zero-order chi connectivity index (χ0) is 14.3. The van der Waals surface area contributed by atoms with Crippen molar-refractivity contribution >= 4 is 10.0 Å². The van der Waals surface area contributed by atoms with E-state index >= 15 is 0 Å². The van der Waals surface area contributed by atoms with Crippen LogP contribution in [0.25, 0.3) is 0 Å². The number of aromatic amines is 1. The molecule has 2 heterocycles. The zero-order valence-electron chi connectivity index (χ0n) is 12.2. The lowest BCUT2D eigenvalue weighted by Crippen LogP contribution is -2.33. The molecule has 1 aromatic rings. The van der Waals surface area contributed by atoms with Crippen LogP contribution in [0.2, 0.25) is 0 Å². The Bertz CT molecular complexity index is 541. The topological polar surface area (TPSA) is 66.1 Å². The standard InChI is InChI=1S/C13H23N3O2S/c1-10-12(11(2)15-14-10)19(17,18)16-8-5-6-13(3,4)7-9-16/h5-9H2,1-4H3,(H,14,15). The van der Waals surface area contributed by atoms with Crippen LogP contribution in [0, 0.1) is 19.3 Å². The lowest BCUT2D eigenvalue weighted by Gasteiger charge is -2.23. The van der Waals surface area contributed by atoms with Crippen molar-refractivity contribution in [2.45, 2.75) is 51.9 Å². The Morgan fingerprint density at radius 2 is 1.89 bits per heavy atom. The molecule has 0 saturated carbocycles. The number of H-pyrrole nitrogens is 1. The molecule has 108 valence electrons. The summed E-state index contributed by atoms with van der Waals surface area (Å²) in [6, 6.07) is 0.